The summed E-state index contributed by atoms with van der Waals surface area (Å²) >= 11 is 0. The van der Waals surface area contributed by atoms with Gasteiger partial charge in [-0.3, -0.25) is 0 Å². The summed E-state index contributed by atoms with van der Waals surface area (Å²) in [6, 6.07) is 14.3. The Balaban J connectivity index is 2.10. The van der Waals surface area contributed by atoms with Crippen molar-refractivity contribution in [1.82, 2.24) is 0 Å². The molecule has 2 aromatic rings. The molecule has 19 heavy (non-hydrogen) atoms. The molecule has 3 N–H and O–H groups in total. The van der Waals surface area contributed by atoms with Gasteiger partial charge in [-0.25, -0.2) is 0 Å². The van der Waals surface area contributed by atoms with Gasteiger partial charge < -0.3 is 15.8 Å². The lowest BCUT2D eigenvalue weighted by Gasteiger charge is -2.17. The predicted octanol–water partition coefficient (Wildman–Crippen LogP) is 3.76. The van der Waals surface area contributed by atoms with Crippen molar-refractivity contribution >= 4 is 11.4 Å². The largest absolute Gasteiger partial charge is 0.497 e. The number of nitrogens with one attached hydrogen (secondary N) is 1. The summed E-state index contributed by atoms with van der Waals surface area (Å²) in [6.45, 7) is 4.13. The number of anilines is 2. The summed E-state index contributed by atoms with van der Waals surface area (Å²) in [5.41, 5.74) is 10.1. The van der Waals surface area contributed by atoms with Crippen molar-refractivity contribution < 1.29 is 4.74 Å². The van der Waals surface area contributed by atoms with Gasteiger partial charge in [0, 0.05) is 17.4 Å². The standard InChI is InChI=1S/C16H20N2O/c1-11-4-7-14(10-16(11)17)18-12(2)13-5-8-15(19-3)9-6-13/h4-10,12,18H,17H2,1-3H3. The van der Waals surface area contributed by atoms with E-state index < -0.39 is 0 Å². The van der Waals surface area contributed by atoms with Crippen LogP contribution in [0.1, 0.15) is 24.1 Å². The van der Waals surface area contributed by atoms with E-state index in [1.54, 1.807) is 7.11 Å². The summed E-state index contributed by atoms with van der Waals surface area (Å²) in [6.07, 6.45) is 0. The molecular weight excluding hydrogens is 236 g/mol. The minimum Gasteiger partial charge on any atom is -0.497 e. The number of nitrogen functional groups attached to an aromatic ring is 1. The van der Waals surface area contributed by atoms with Crippen LogP contribution in [0.15, 0.2) is 42.5 Å². The highest BCUT2D eigenvalue weighted by molar-refractivity contribution is 5.59. The van der Waals surface area contributed by atoms with Crippen LogP contribution < -0.4 is 15.8 Å². The van der Waals surface area contributed by atoms with Crippen molar-refractivity contribution in [3.63, 3.8) is 0 Å². The number of methoxy groups -OCH3 is 1. The maximum Gasteiger partial charge on any atom is 0.118 e. The molecule has 100 valence electrons. The van der Waals surface area contributed by atoms with Crippen molar-refractivity contribution in [3.8, 4) is 5.75 Å². The van der Waals surface area contributed by atoms with Gasteiger partial charge in [-0.2, -0.15) is 0 Å². The Labute approximate surface area is 114 Å². The smallest absolute Gasteiger partial charge is 0.118 e. The van der Waals surface area contributed by atoms with Gasteiger partial charge in [0.15, 0.2) is 0 Å². The van der Waals surface area contributed by atoms with E-state index in [0.717, 1.165) is 22.7 Å². The SMILES string of the molecule is COc1ccc(C(C)Nc2ccc(C)c(N)c2)cc1. The molecule has 0 aromatic heterocycles. The molecule has 0 spiro atoms. The molecule has 0 bridgehead atoms. The van der Waals surface area contributed by atoms with Crippen LogP contribution in [0.25, 0.3) is 0 Å². The quantitative estimate of drug-likeness (QED) is 0.819. The third kappa shape index (κ3) is 3.19. The Bertz CT molecular complexity index is 549. The topological polar surface area (TPSA) is 47.3 Å². The van der Waals surface area contributed by atoms with E-state index in [0.29, 0.717) is 0 Å². The molecule has 0 saturated carbocycles. The molecular formula is C16H20N2O. The minimum absolute atomic E-state index is 0.216. The zero-order chi connectivity index (χ0) is 13.8. The van der Waals surface area contributed by atoms with Crippen molar-refractivity contribution in [2.24, 2.45) is 0 Å². The van der Waals surface area contributed by atoms with Gasteiger partial charge in [-0.05, 0) is 49.2 Å². The second-order valence-electron chi connectivity index (χ2n) is 4.71. The molecule has 1 atom stereocenters. The van der Waals surface area contributed by atoms with Crippen LogP contribution in [0.4, 0.5) is 11.4 Å². The molecule has 0 heterocycles. The summed E-state index contributed by atoms with van der Waals surface area (Å²) in [5.74, 6) is 0.871. The van der Waals surface area contributed by atoms with Crippen LogP contribution in [0.3, 0.4) is 0 Å². The first-order valence-electron chi connectivity index (χ1n) is 6.37. The van der Waals surface area contributed by atoms with E-state index in [-0.39, 0.29) is 6.04 Å². The molecule has 0 saturated heterocycles. The van der Waals surface area contributed by atoms with Crippen LogP contribution in [-0.4, -0.2) is 7.11 Å². The first-order chi connectivity index (χ1) is 9.10. The summed E-state index contributed by atoms with van der Waals surface area (Å²) in [5, 5.41) is 3.44. The molecule has 0 aliphatic rings. The van der Waals surface area contributed by atoms with Gasteiger partial charge in [0.05, 0.1) is 7.11 Å². The fourth-order valence-electron chi connectivity index (χ4n) is 1.96. The van der Waals surface area contributed by atoms with Gasteiger partial charge in [0.2, 0.25) is 0 Å². The Morgan fingerprint density at radius 3 is 2.37 bits per heavy atom. The molecule has 3 heteroatoms. The van der Waals surface area contributed by atoms with E-state index >= 15 is 0 Å². The van der Waals surface area contributed by atoms with E-state index in [1.165, 1.54) is 5.56 Å². The highest BCUT2D eigenvalue weighted by Gasteiger charge is 2.06. The number of benzene rings is 2. The van der Waals surface area contributed by atoms with E-state index in [2.05, 4.69) is 24.4 Å². The summed E-state index contributed by atoms with van der Waals surface area (Å²) < 4.78 is 5.16. The third-order valence-electron chi connectivity index (χ3n) is 3.28. The fourth-order valence-corrected chi connectivity index (χ4v) is 1.96. The molecule has 0 aliphatic heterocycles. The Morgan fingerprint density at radius 2 is 1.79 bits per heavy atom. The molecule has 2 rings (SSSR count). The molecule has 0 fully saturated rings. The maximum atomic E-state index is 5.92. The average molecular weight is 256 g/mol. The second kappa shape index (κ2) is 5.65. The lowest BCUT2D eigenvalue weighted by atomic mass is 10.1. The van der Waals surface area contributed by atoms with E-state index in [9.17, 15) is 0 Å². The lowest BCUT2D eigenvalue weighted by Crippen LogP contribution is -2.07. The predicted molar refractivity (Wildman–Crippen MR) is 80.6 cm³/mol. The monoisotopic (exact) mass is 256 g/mol. The van der Waals surface area contributed by atoms with Crippen molar-refractivity contribution in [2.75, 3.05) is 18.2 Å². The van der Waals surface area contributed by atoms with Crippen LogP contribution in [0.5, 0.6) is 5.75 Å². The fraction of sp³-hybridized carbons (Fsp3) is 0.250. The highest BCUT2D eigenvalue weighted by Crippen LogP contribution is 2.23. The average Bonchev–Trinajstić information content (AvgIpc) is 2.43. The van der Waals surface area contributed by atoms with Gasteiger partial charge in [0.1, 0.15) is 5.75 Å². The van der Waals surface area contributed by atoms with Crippen LogP contribution in [-0.2, 0) is 0 Å². The van der Waals surface area contributed by atoms with E-state index in [1.807, 2.05) is 37.3 Å². The van der Waals surface area contributed by atoms with Gasteiger partial charge in [-0.1, -0.05) is 18.2 Å². The Hall–Kier alpha value is -2.16. The minimum atomic E-state index is 0.216. The summed E-state index contributed by atoms with van der Waals surface area (Å²) in [7, 11) is 1.67. The van der Waals surface area contributed by atoms with Gasteiger partial charge >= 0.3 is 0 Å². The number of rotatable bonds is 4. The van der Waals surface area contributed by atoms with Crippen LogP contribution >= 0.6 is 0 Å². The molecule has 0 aliphatic carbocycles. The van der Waals surface area contributed by atoms with Crippen LogP contribution in [0, 0.1) is 6.92 Å². The maximum absolute atomic E-state index is 5.92. The number of ether oxygens (including phenoxy) is 1. The zero-order valence-corrected chi connectivity index (χ0v) is 11.6. The number of hydrogen-bond acceptors (Lipinski definition) is 3. The van der Waals surface area contributed by atoms with Gasteiger partial charge in [-0.15, -0.1) is 0 Å². The first kappa shape index (κ1) is 13.3. The molecule has 0 amide bonds. The number of aryl methyl sites for hydroxylation is 1. The molecule has 2 aromatic carbocycles. The third-order valence-corrected chi connectivity index (χ3v) is 3.28. The van der Waals surface area contributed by atoms with E-state index in [4.69, 9.17) is 10.5 Å². The molecule has 1 unspecified atom stereocenters. The van der Waals surface area contributed by atoms with Crippen molar-refractivity contribution in [3.05, 3.63) is 53.6 Å². The second-order valence-corrected chi connectivity index (χ2v) is 4.71. The number of hydrogen-bond donors (Lipinski definition) is 2. The normalized spacial score (nSPS) is 11.9. The Kier molecular flexibility index (Phi) is 3.95. The van der Waals surface area contributed by atoms with Crippen LogP contribution in [0.2, 0.25) is 0 Å². The zero-order valence-electron chi connectivity index (χ0n) is 11.6. The molecule has 3 nitrogen and oxygen atoms in total. The van der Waals surface area contributed by atoms with Crippen molar-refractivity contribution in [2.45, 2.75) is 19.9 Å². The van der Waals surface area contributed by atoms with Crippen molar-refractivity contribution in [1.29, 1.82) is 0 Å². The Morgan fingerprint density at radius 1 is 1.11 bits per heavy atom. The number of nitrogens with two attached hydrogens (primary N) is 1. The lowest BCUT2D eigenvalue weighted by molar-refractivity contribution is 0.414. The summed E-state index contributed by atoms with van der Waals surface area (Å²) in [4.78, 5) is 0. The molecule has 0 radical (unpaired) electrons. The van der Waals surface area contributed by atoms with Gasteiger partial charge in [0.25, 0.3) is 0 Å². The highest BCUT2D eigenvalue weighted by atomic mass is 16.5. The first-order valence-corrected chi connectivity index (χ1v) is 6.37.